The molecule has 1 aliphatic rings. The van der Waals surface area contributed by atoms with Crippen LogP contribution < -0.4 is 5.56 Å². The minimum absolute atomic E-state index is 0.221. The fraction of sp³-hybridized carbons (Fsp3) is 0.107. The molecule has 1 amide bonds. The highest BCUT2D eigenvalue weighted by atomic mass is 35.5. The Kier molecular flexibility index (Phi) is 5.34. The Morgan fingerprint density at radius 3 is 2.56 bits per heavy atom. The number of fused-ring (bicyclic) bond motifs is 2. The number of hydrogen-bond acceptors (Lipinski definition) is 5. The highest BCUT2D eigenvalue weighted by Crippen LogP contribution is 2.38. The lowest BCUT2D eigenvalue weighted by Crippen LogP contribution is -2.24. The van der Waals surface area contributed by atoms with E-state index in [1.165, 1.54) is 11.9 Å². The number of para-hydroxylation sites is 2. The predicted molar refractivity (Wildman–Crippen MR) is 141 cm³/mol. The third kappa shape index (κ3) is 3.65. The van der Waals surface area contributed by atoms with Crippen molar-refractivity contribution in [2.45, 2.75) is 19.4 Å². The smallest absolute Gasteiger partial charge is 0.258 e. The van der Waals surface area contributed by atoms with Gasteiger partial charge in [-0.05, 0) is 29.8 Å². The van der Waals surface area contributed by atoms with Crippen molar-refractivity contribution in [2.24, 2.45) is 5.10 Å². The fourth-order valence-corrected chi connectivity index (χ4v) is 5.04. The molecule has 0 bridgehead atoms. The van der Waals surface area contributed by atoms with Crippen molar-refractivity contribution < 1.29 is 4.79 Å². The van der Waals surface area contributed by atoms with Gasteiger partial charge in [-0.25, -0.2) is 5.01 Å². The van der Waals surface area contributed by atoms with Crippen molar-refractivity contribution in [1.82, 2.24) is 20.0 Å². The van der Waals surface area contributed by atoms with Gasteiger partial charge < -0.3 is 4.98 Å². The molecule has 1 aliphatic heterocycles. The fourth-order valence-electron chi connectivity index (χ4n) is 4.91. The molecule has 3 heterocycles. The number of amides is 1. The van der Waals surface area contributed by atoms with Crippen molar-refractivity contribution in [3.63, 3.8) is 0 Å². The third-order valence-electron chi connectivity index (χ3n) is 6.46. The maximum Gasteiger partial charge on any atom is 0.258 e. The summed E-state index contributed by atoms with van der Waals surface area (Å²) in [5, 5.41) is 7.63. The van der Waals surface area contributed by atoms with Gasteiger partial charge >= 0.3 is 0 Å². The van der Waals surface area contributed by atoms with Crippen LogP contribution >= 0.6 is 11.6 Å². The molecule has 1 N–H and O–H groups in total. The van der Waals surface area contributed by atoms with Crippen LogP contribution in [0.5, 0.6) is 0 Å². The molecule has 7 nitrogen and oxygen atoms in total. The monoisotopic (exact) mass is 493 g/mol. The summed E-state index contributed by atoms with van der Waals surface area (Å²) in [6.07, 6.45) is 3.63. The molecule has 8 heteroatoms. The van der Waals surface area contributed by atoms with Crippen LogP contribution in [0.25, 0.3) is 33.1 Å². The van der Waals surface area contributed by atoms with Crippen LogP contribution in [-0.4, -0.2) is 31.6 Å². The van der Waals surface area contributed by atoms with E-state index in [9.17, 15) is 9.59 Å². The van der Waals surface area contributed by atoms with E-state index in [1.54, 1.807) is 24.5 Å². The zero-order valence-electron chi connectivity index (χ0n) is 19.3. The van der Waals surface area contributed by atoms with Crippen LogP contribution in [0.1, 0.15) is 30.5 Å². The number of benzene rings is 3. The average molecular weight is 494 g/mol. The molecule has 0 saturated carbocycles. The first-order valence-corrected chi connectivity index (χ1v) is 11.9. The van der Waals surface area contributed by atoms with Gasteiger partial charge in [-0.2, -0.15) is 5.10 Å². The molecule has 0 unspecified atom stereocenters. The first-order valence-electron chi connectivity index (χ1n) is 11.5. The molecular formula is C28H20ClN5O2. The van der Waals surface area contributed by atoms with Crippen LogP contribution in [0.15, 0.2) is 89.0 Å². The number of nitrogens with one attached hydrogen (secondary N) is 1. The molecule has 0 fully saturated rings. The summed E-state index contributed by atoms with van der Waals surface area (Å²) in [6.45, 7) is 1.47. The van der Waals surface area contributed by atoms with Crippen LogP contribution in [0.2, 0.25) is 5.02 Å². The van der Waals surface area contributed by atoms with E-state index in [2.05, 4.69) is 15.0 Å². The number of hydrazone groups is 1. The summed E-state index contributed by atoms with van der Waals surface area (Å²) < 4.78 is 0. The Balaban J connectivity index is 1.57. The number of carbonyl (C=O) groups is 1. The normalized spacial score (nSPS) is 15.4. The topological polar surface area (TPSA) is 91.3 Å². The Hall–Kier alpha value is -4.36. The number of nitrogens with zero attached hydrogens (tertiary/aromatic N) is 4. The van der Waals surface area contributed by atoms with Gasteiger partial charge in [0.25, 0.3) is 5.56 Å². The average Bonchev–Trinajstić information content (AvgIpc) is 3.33. The van der Waals surface area contributed by atoms with Crippen LogP contribution in [-0.2, 0) is 4.79 Å². The summed E-state index contributed by atoms with van der Waals surface area (Å²) >= 11 is 6.16. The number of pyridine rings is 1. The van der Waals surface area contributed by atoms with E-state index in [0.717, 1.165) is 33.1 Å². The largest absolute Gasteiger partial charge is 0.321 e. The van der Waals surface area contributed by atoms with Crippen LogP contribution in [0, 0.1) is 0 Å². The number of aromatic amines is 1. The molecule has 3 aromatic carbocycles. The summed E-state index contributed by atoms with van der Waals surface area (Å²) in [5.74, 6) is -0.221. The number of H-pyrrole nitrogens is 1. The minimum atomic E-state index is -0.415. The van der Waals surface area contributed by atoms with Gasteiger partial charge in [0.05, 0.1) is 28.4 Å². The van der Waals surface area contributed by atoms with E-state index in [1.807, 2.05) is 54.6 Å². The second-order valence-corrected chi connectivity index (χ2v) is 9.09. The van der Waals surface area contributed by atoms with Gasteiger partial charge in [0.2, 0.25) is 5.91 Å². The Labute approximate surface area is 211 Å². The Bertz CT molecular complexity index is 1740. The lowest BCUT2D eigenvalue weighted by atomic mass is 9.90. The van der Waals surface area contributed by atoms with Gasteiger partial charge in [0, 0.05) is 52.8 Å². The minimum Gasteiger partial charge on any atom is -0.321 e. The number of hydrogen-bond donors (Lipinski definition) is 1. The van der Waals surface area contributed by atoms with Crippen molar-refractivity contribution in [2.75, 3.05) is 0 Å². The maximum absolute atomic E-state index is 13.5. The van der Waals surface area contributed by atoms with E-state index < -0.39 is 6.04 Å². The summed E-state index contributed by atoms with van der Waals surface area (Å²) in [7, 11) is 0. The van der Waals surface area contributed by atoms with Gasteiger partial charge in [0.15, 0.2) is 0 Å². The van der Waals surface area contributed by atoms with Gasteiger partial charge in [0.1, 0.15) is 0 Å². The number of carbonyl (C=O) groups excluding carboxylic acids is 1. The van der Waals surface area contributed by atoms with E-state index in [-0.39, 0.29) is 11.5 Å². The molecule has 1 atom stereocenters. The third-order valence-corrected chi connectivity index (χ3v) is 6.72. The highest BCUT2D eigenvalue weighted by Gasteiger charge is 2.35. The first-order chi connectivity index (χ1) is 17.5. The second kappa shape index (κ2) is 8.70. The lowest BCUT2D eigenvalue weighted by Gasteiger charge is -2.21. The van der Waals surface area contributed by atoms with Gasteiger partial charge in [-0.3, -0.25) is 19.6 Å². The quantitative estimate of drug-likeness (QED) is 0.360. The zero-order valence-corrected chi connectivity index (χ0v) is 20.0. The molecule has 0 radical (unpaired) electrons. The van der Waals surface area contributed by atoms with Crippen LogP contribution in [0.4, 0.5) is 0 Å². The molecule has 0 spiro atoms. The highest BCUT2D eigenvalue weighted by molar-refractivity contribution is 6.30. The molecule has 6 rings (SSSR count). The van der Waals surface area contributed by atoms with E-state index in [0.29, 0.717) is 28.2 Å². The molecular weight excluding hydrogens is 474 g/mol. The van der Waals surface area contributed by atoms with Crippen molar-refractivity contribution in [3.8, 4) is 11.1 Å². The molecule has 0 saturated heterocycles. The Morgan fingerprint density at radius 1 is 0.972 bits per heavy atom. The maximum atomic E-state index is 13.5. The molecule has 2 aromatic heterocycles. The summed E-state index contributed by atoms with van der Waals surface area (Å²) in [6, 6.07) is 20.3. The van der Waals surface area contributed by atoms with Crippen LogP contribution in [0.3, 0.4) is 0 Å². The molecule has 0 aliphatic carbocycles. The molecule has 5 aromatic rings. The standard InChI is InChI=1S/C28H20ClN5O2/c1-16(35)34-24(20-6-4-8-22-27(20)31-14-13-30-22)15-23(33-34)26-25(17-9-11-18(29)12-10-17)19-5-2-3-7-21(19)32-28(26)36/h2-14,24H,15H2,1H3,(H,32,36)/t24-/m0/s1. The lowest BCUT2D eigenvalue weighted by molar-refractivity contribution is -0.130. The van der Waals surface area contributed by atoms with Crippen molar-refractivity contribution in [1.29, 1.82) is 0 Å². The van der Waals surface area contributed by atoms with E-state index in [4.69, 9.17) is 16.7 Å². The summed E-state index contributed by atoms with van der Waals surface area (Å²) in [4.78, 5) is 38.2. The number of aromatic nitrogens is 3. The predicted octanol–water partition coefficient (Wildman–Crippen LogP) is 5.49. The molecule has 176 valence electrons. The SMILES string of the molecule is CC(=O)N1N=C(c2c(-c3ccc(Cl)cc3)c3ccccc3[nH]c2=O)C[C@H]1c1cccc2nccnc12. The molecule has 36 heavy (non-hydrogen) atoms. The van der Waals surface area contributed by atoms with Gasteiger partial charge in [-0.1, -0.05) is 54.1 Å². The summed E-state index contributed by atoms with van der Waals surface area (Å²) in [5.41, 5.74) is 5.30. The van der Waals surface area contributed by atoms with E-state index >= 15 is 0 Å². The van der Waals surface area contributed by atoms with Crippen molar-refractivity contribution >= 4 is 45.2 Å². The second-order valence-electron chi connectivity index (χ2n) is 8.66. The Morgan fingerprint density at radius 2 is 1.75 bits per heavy atom. The zero-order chi connectivity index (χ0) is 24.8. The van der Waals surface area contributed by atoms with Crippen molar-refractivity contribution in [3.05, 3.63) is 106 Å². The van der Waals surface area contributed by atoms with Gasteiger partial charge in [-0.15, -0.1) is 0 Å². The first kappa shape index (κ1) is 22.1. The number of halogens is 1. The number of rotatable bonds is 3.